The molecule has 0 bridgehead atoms. The topological polar surface area (TPSA) is 56.8 Å². The van der Waals surface area contributed by atoms with Crippen molar-refractivity contribution < 1.29 is 0 Å². The van der Waals surface area contributed by atoms with E-state index in [1.165, 1.54) is 16.9 Å². The van der Waals surface area contributed by atoms with Crippen LogP contribution < -0.4 is 9.62 Å². The van der Waals surface area contributed by atoms with Crippen LogP contribution in [-0.4, -0.2) is 28.0 Å². The fourth-order valence-electron chi connectivity index (χ4n) is 4.01. The molecular formula is C23H23N5S. The second kappa shape index (κ2) is 8.17. The maximum Gasteiger partial charge on any atom is 0.142 e. The smallest absolute Gasteiger partial charge is 0.142 e. The zero-order valence-electron chi connectivity index (χ0n) is 16.1. The SMILES string of the molecule is c1ccc(SNc2cccc(C3CCCN(c4ncnc5[nH]ccc45)C3)c2)cc1. The molecule has 5 nitrogen and oxygen atoms in total. The van der Waals surface area contributed by atoms with E-state index in [9.17, 15) is 0 Å². The molecule has 0 spiro atoms. The third kappa shape index (κ3) is 3.93. The minimum Gasteiger partial charge on any atom is -0.355 e. The lowest BCUT2D eigenvalue weighted by molar-refractivity contribution is 0.508. The lowest BCUT2D eigenvalue weighted by Gasteiger charge is -2.34. The lowest BCUT2D eigenvalue weighted by Crippen LogP contribution is -2.35. The highest BCUT2D eigenvalue weighted by molar-refractivity contribution is 8.00. The molecule has 1 atom stereocenters. The van der Waals surface area contributed by atoms with E-state index in [1.54, 1.807) is 18.3 Å². The Morgan fingerprint density at radius 1 is 1.03 bits per heavy atom. The number of anilines is 2. The first-order valence-electron chi connectivity index (χ1n) is 9.98. The van der Waals surface area contributed by atoms with Crippen molar-refractivity contribution in [2.24, 2.45) is 0 Å². The molecule has 5 rings (SSSR count). The zero-order chi connectivity index (χ0) is 19.5. The first-order valence-corrected chi connectivity index (χ1v) is 10.8. The summed E-state index contributed by atoms with van der Waals surface area (Å²) in [5.41, 5.74) is 3.43. The van der Waals surface area contributed by atoms with Gasteiger partial charge in [-0.2, -0.15) is 0 Å². The highest BCUT2D eigenvalue weighted by atomic mass is 32.2. The number of benzene rings is 2. The number of piperidine rings is 1. The molecule has 6 heteroatoms. The fourth-order valence-corrected chi connectivity index (χ4v) is 4.67. The molecule has 29 heavy (non-hydrogen) atoms. The van der Waals surface area contributed by atoms with Gasteiger partial charge in [-0.1, -0.05) is 30.3 Å². The molecule has 2 N–H and O–H groups in total. The van der Waals surface area contributed by atoms with E-state index in [0.717, 1.165) is 42.0 Å². The van der Waals surface area contributed by atoms with Crippen molar-refractivity contribution in [2.75, 3.05) is 22.7 Å². The van der Waals surface area contributed by atoms with Crippen molar-refractivity contribution in [3.05, 3.63) is 78.8 Å². The number of nitrogens with zero attached hydrogens (tertiary/aromatic N) is 3. The minimum absolute atomic E-state index is 0.496. The van der Waals surface area contributed by atoms with Crippen LogP contribution in [0.2, 0.25) is 0 Å². The van der Waals surface area contributed by atoms with Crippen molar-refractivity contribution >= 4 is 34.5 Å². The largest absolute Gasteiger partial charge is 0.355 e. The van der Waals surface area contributed by atoms with Crippen LogP contribution in [0, 0.1) is 0 Å². The molecule has 0 amide bonds. The van der Waals surface area contributed by atoms with E-state index in [1.807, 2.05) is 12.3 Å². The van der Waals surface area contributed by atoms with Gasteiger partial charge in [0.1, 0.15) is 17.8 Å². The first-order chi connectivity index (χ1) is 14.4. The molecule has 1 aliphatic heterocycles. The van der Waals surface area contributed by atoms with Gasteiger partial charge in [-0.05, 0) is 60.7 Å². The highest BCUT2D eigenvalue weighted by Crippen LogP contribution is 2.33. The summed E-state index contributed by atoms with van der Waals surface area (Å²) < 4.78 is 3.48. The van der Waals surface area contributed by atoms with E-state index in [0.29, 0.717) is 5.92 Å². The number of hydrogen-bond acceptors (Lipinski definition) is 5. The van der Waals surface area contributed by atoms with Gasteiger partial charge in [-0.15, -0.1) is 0 Å². The molecule has 2 aromatic heterocycles. The molecule has 0 aliphatic carbocycles. The number of aromatic nitrogens is 3. The van der Waals surface area contributed by atoms with Crippen molar-refractivity contribution in [1.82, 2.24) is 15.0 Å². The van der Waals surface area contributed by atoms with Gasteiger partial charge in [0.15, 0.2) is 0 Å². The Labute approximate surface area is 174 Å². The average molecular weight is 402 g/mol. The van der Waals surface area contributed by atoms with Gasteiger partial charge in [0.25, 0.3) is 0 Å². The predicted octanol–water partition coefficient (Wildman–Crippen LogP) is 5.46. The summed E-state index contributed by atoms with van der Waals surface area (Å²) in [4.78, 5) is 15.7. The molecule has 4 aromatic rings. The molecule has 0 radical (unpaired) electrons. The second-order valence-electron chi connectivity index (χ2n) is 7.37. The average Bonchev–Trinajstić information content (AvgIpc) is 3.28. The normalized spacial score (nSPS) is 16.8. The molecular weight excluding hydrogens is 378 g/mol. The van der Waals surface area contributed by atoms with Gasteiger partial charge in [-0.25, -0.2) is 9.97 Å². The van der Waals surface area contributed by atoms with Crippen molar-refractivity contribution in [3.63, 3.8) is 0 Å². The van der Waals surface area contributed by atoms with Crippen molar-refractivity contribution in [1.29, 1.82) is 0 Å². The van der Waals surface area contributed by atoms with Crippen molar-refractivity contribution in [2.45, 2.75) is 23.7 Å². The Hall–Kier alpha value is -2.99. The molecule has 1 unspecified atom stereocenters. The number of hydrogen-bond donors (Lipinski definition) is 2. The number of nitrogens with one attached hydrogen (secondary N) is 2. The summed E-state index contributed by atoms with van der Waals surface area (Å²) in [5, 5.41) is 1.10. The second-order valence-corrected chi connectivity index (χ2v) is 8.24. The van der Waals surface area contributed by atoms with E-state index in [4.69, 9.17) is 0 Å². The predicted molar refractivity (Wildman–Crippen MR) is 120 cm³/mol. The molecule has 1 saturated heterocycles. The van der Waals surface area contributed by atoms with E-state index in [-0.39, 0.29) is 0 Å². The Morgan fingerprint density at radius 2 is 1.97 bits per heavy atom. The van der Waals surface area contributed by atoms with E-state index in [2.05, 4.69) is 79.2 Å². The van der Waals surface area contributed by atoms with Gasteiger partial charge >= 0.3 is 0 Å². The minimum atomic E-state index is 0.496. The number of fused-ring (bicyclic) bond motifs is 1. The van der Waals surface area contributed by atoms with Crippen LogP contribution in [-0.2, 0) is 0 Å². The zero-order valence-corrected chi connectivity index (χ0v) is 16.9. The number of rotatable bonds is 5. The van der Waals surface area contributed by atoms with Gasteiger partial charge in [0.05, 0.1) is 5.39 Å². The third-order valence-electron chi connectivity index (χ3n) is 5.44. The third-order valence-corrected chi connectivity index (χ3v) is 6.29. The Balaban J connectivity index is 1.32. The number of H-pyrrole nitrogens is 1. The summed E-state index contributed by atoms with van der Waals surface area (Å²) in [5.74, 6) is 1.53. The van der Waals surface area contributed by atoms with E-state index < -0.39 is 0 Å². The monoisotopic (exact) mass is 401 g/mol. The summed E-state index contributed by atoms with van der Waals surface area (Å²) >= 11 is 1.65. The molecule has 1 fully saturated rings. The molecule has 2 aromatic carbocycles. The fraction of sp³-hybridized carbons (Fsp3) is 0.217. The molecule has 1 aliphatic rings. The first kappa shape index (κ1) is 18.1. The molecule has 0 saturated carbocycles. The van der Waals surface area contributed by atoms with Gasteiger partial charge in [0.2, 0.25) is 0 Å². The summed E-state index contributed by atoms with van der Waals surface area (Å²) in [6.07, 6.45) is 5.96. The summed E-state index contributed by atoms with van der Waals surface area (Å²) in [6, 6.07) is 21.3. The summed E-state index contributed by atoms with van der Waals surface area (Å²) in [7, 11) is 0. The van der Waals surface area contributed by atoms with E-state index >= 15 is 0 Å². The Kier molecular flexibility index (Phi) is 5.09. The van der Waals surface area contributed by atoms with Crippen LogP contribution in [0.4, 0.5) is 11.5 Å². The Morgan fingerprint density at radius 3 is 2.90 bits per heavy atom. The van der Waals surface area contributed by atoms with Gasteiger partial charge < -0.3 is 14.6 Å². The quantitative estimate of drug-likeness (QED) is 0.435. The van der Waals surface area contributed by atoms with Crippen LogP contribution in [0.15, 0.2) is 78.1 Å². The Bertz CT molecular complexity index is 1090. The highest BCUT2D eigenvalue weighted by Gasteiger charge is 2.24. The molecule has 3 heterocycles. The maximum absolute atomic E-state index is 4.59. The van der Waals surface area contributed by atoms with Crippen LogP contribution >= 0.6 is 11.9 Å². The van der Waals surface area contributed by atoms with Crippen LogP contribution in [0.1, 0.15) is 24.3 Å². The van der Waals surface area contributed by atoms with Crippen LogP contribution in [0.5, 0.6) is 0 Å². The standard InChI is InChI=1S/C23H23N5S/c1-2-9-20(10-3-1)29-27-19-8-4-6-17(14-19)18-7-5-13-28(15-18)23-21-11-12-24-22(21)25-16-26-23/h1-4,6,8-12,14,16,18,27H,5,7,13,15H2,(H,24,25,26). The van der Waals surface area contributed by atoms with Crippen molar-refractivity contribution in [3.8, 4) is 0 Å². The maximum atomic E-state index is 4.59. The lowest BCUT2D eigenvalue weighted by atomic mass is 9.90. The number of aromatic amines is 1. The van der Waals surface area contributed by atoms with Crippen LogP contribution in [0.25, 0.3) is 11.0 Å². The van der Waals surface area contributed by atoms with Crippen LogP contribution in [0.3, 0.4) is 0 Å². The van der Waals surface area contributed by atoms with Gasteiger partial charge in [0, 0.05) is 35.8 Å². The van der Waals surface area contributed by atoms with Gasteiger partial charge in [-0.3, -0.25) is 0 Å². The summed E-state index contributed by atoms with van der Waals surface area (Å²) in [6.45, 7) is 2.02. The molecule has 146 valence electrons.